The molecule has 0 saturated heterocycles. The van der Waals surface area contributed by atoms with Crippen LogP contribution in [0.2, 0.25) is 0 Å². The highest BCUT2D eigenvalue weighted by Gasteiger charge is 2.10. The first-order chi connectivity index (χ1) is 7.68. The predicted octanol–water partition coefficient (Wildman–Crippen LogP) is 0.786. The molecule has 16 heavy (non-hydrogen) atoms. The topological polar surface area (TPSA) is 61.7 Å². The van der Waals surface area contributed by atoms with E-state index in [-0.39, 0.29) is 6.04 Å². The minimum absolute atomic E-state index is 0.0178. The lowest BCUT2D eigenvalue weighted by Gasteiger charge is -2.11. The first kappa shape index (κ1) is 10.9. The standard InChI is InChI=1S/C11H17N5/c1-15-6-5-14-11(15)4-3-9(12)10-7-13-8-16(10)2/h5-9H,3-4,12H2,1-2H3. The first-order valence-corrected chi connectivity index (χ1v) is 5.36. The lowest BCUT2D eigenvalue weighted by Crippen LogP contribution is -2.15. The maximum absolute atomic E-state index is 6.11. The summed E-state index contributed by atoms with van der Waals surface area (Å²) in [6.45, 7) is 0. The second-order valence-corrected chi connectivity index (χ2v) is 4.03. The van der Waals surface area contributed by atoms with Crippen LogP contribution in [0.4, 0.5) is 0 Å². The van der Waals surface area contributed by atoms with Gasteiger partial charge in [0.2, 0.25) is 0 Å². The number of hydrogen-bond donors (Lipinski definition) is 1. The number of rotatable bonds is 4. The molecule has 0 bridgehead atoms. The Morgan fingerprint density at radius 1 is 1.38 bits per heavy atom. The summed E-state index contributed by atoms with van der Waals surface area (Å²) in [6, 6.07) is 0.0178. The summed E-state index contributed by atoms with van der Waals surface area (Å²) < 4.78 is 3.99. The van der Waals surface area contributed by atoms with Crippen molar-refractivity contribution in [1.29, 1.82) is 0 Å². The fourth-order valence-electron chi connectivity index (χ4n) is 1.79. The van der Waals surface area contributed by atoms with Gasteiger partial charge in [0, 0.05) is 45.1 Å². The molecule has 2 aromatic rings. The summed E-state index contributed by atoms with van der Waals surface area (Å²) in [5, 5.41) is 0. The van der Waals surface area contributed by atoms with Crippen LogP contribution in [0.3, 0.4) is 0 Å². The zero-order valence-electron chi connectivity index (χ0n) is 9.67. The van der Waals surface area contributed by atoms with Crippen molar-refractivity contribution in [2.24, 2.45) is 19.8 Å². The Hall–Kier alpha value is -1.62. The smallest absolute Gasteiger partial charge is 0.108 e. The molecule has 2 N–H and O–H groups in total. The van der Waals surface area contributed by atoms with E-state index in [0.717, 1.165) is 24.4 Å². The minimum Gasteiger partial charge on any atom is -0.338 e. The quantitative estimate of drug-likeness (QED) is 0.826. The monoisotopic (exact) mass is 219 g/mol. The summed E-state index contributed by atoms with van der Waals surface area (Å²) in [4.78, 5) is 8.34. The van der Waals surface area contributed by atoms with Gasteiger partial charge in [-0.1, -0.05) is 0 Å². The van der Waals surface area contributed by atoms with E-state index in [2.05, 4.69) is 9.97 Å². The van der Waals surface area contributed by atoms with Crippen molar-refractivity contribution in [3.63, 3.8) is 0 Å². The fraction of sp³-hybridized carbons (Fsp3) is 0.455. The van der Waals surface area contributed by atoms with Gasteiger partial charge >= 0.3 is 0 Å². The van der Waals surface area contributed by atoms with E-state index >= 15 is 0 Å². The van der Waals surface area contributed by atoms with Gasteiger partial charge in [0.25, 0.3) is 0 Å². The third-order valence-electron chi connectivity index (χ3n) is 2.83. The number of nitrogens with two attached hydrogens (primary N) is 1. The molecule has 0 aliphatic rings. The van der Waals surface area contributed by atoms with Crippen molar-refractivity contribution in [2.45, 2.75) is 18.9 Å². The van der Waals surface area contributed by atoms with Crippen molar-refractivity contribution in [3.8, 4) is 0 Å². The lowest BCUT2D eigenvalue weighted by atomic mass is 10.1. The number of aromatic nitrogens is 4. The van der Waals surface area contributed by atoms with Crippen LogP contribution in [0.5, 0.6) is 0 Å². The van der Waals surface area contributed by atoms with Crippen molar-refractivity contribution in [3.05, 3.63) is 36.4 Å². The molecule has 0 aliphatic carbocycles. The molecule has 86 valence electrons. The van der Waals surface area contributed by atoms with Gasteiger partial charge in [-0.15, -0.1) is 0 Å². The molecule has 2 aromatic heterocycles. The molecule has 0 saturated carbocycles. The van der Waals surface area contributed by atoms with Crippen LogP contribution in [0.15, 0.2) is 24.9 Å². The third kappa shape index (κ3) is 2.14. The number of imidazole rings is 2. The van der Waals surface area contributed by atoms with Gasteiger partial charge in [-0.3, -0.25) is 0 Å². The molecular weight excluding hydrogens is 202 g/mol. The van der Waals surface area contributed by atoms with E-state index in [1.807, 2.05) is 41.8 Å². The highest BCUT2D eigenvalue weighted by atomic mass is 15.0. The minimum atomic E-state index is 0.0178. The van der Waals surface area contributed by atoms with Gasteiger partial charge in [0.05, 0.1) is 12.0 Å². The Morgan fingerprint density at radius 2 is 2.19 bits per heavy atom. The van der Waals surface area contributed by atoms with Gasteiger partial charge in [-0.2, -0.15) is 0 Å². The van der Waals surface area contributed by atoms with Gasteiger partial charge < -0.3 is 14.9 Å². The molecule has 5 nitrogen and oxygen atoms in total. The van der Waals surface area contributed by atoms with Crippen LogP contribution in [0, 0.1) is 0 Å². The second-order valence-electron chi connectivity index (χ2n) is 4.03. The molecule has 0 radical (unpaired) electrons. The summed E-state index contributed by atoms with van der Waals surface area (Å²) in [5.74, 6) is 1.07. The fourth-order valence-corrected chi connectivity index (χ4v) is 1.79. The van der Waals surface area contributed by atoms with Gasteiger partial charge in [0.15, 0.2) is 0 Å². The van der Waals surface area contributed by atoms with E-state index in [4.69, 9.17) is 5.73 Å². The largest absolute Gasteiger partial charge is 0.338 e. The molecule has 5 heteroatoms. The molecule has 0 aliphatic heterocycles. The van der Waals surface area contributed by atoms with Crippen molar-refractivity contribution in [2.75, 3.05) is 0 Å². The zero-order chi connectivity index (χ0) is 11.5. The number of nitrogens with zero attached hydrogens (tertiary/aromatic N) is 4. The molecule has 1 atom stereocenters. The van der Waals surface area contributed by atoms with E-state index in [1.54, 1.807) is 6.33 Å². The Balaban J connectivity index is 1.97. The Morgan fingerprint density at radius 3 is 2.75 bits per heavy atom. The molecule has 0 amide bonds. The Labute approximate surface area is 94.9 Å². The Bertz CT molecular complexity index is 456. The van der Waals surface area contributed by atoms with Crippen LogP contribution in [-0.2, 0) is 20.5 Å². The Kier molecular flexibility index (Phi) is 3.05. The third-order valence-corrected chi connectivity index (χ3v) is 2.83. The summed E-state index contributed by atoms with van der Waals surface area (Å²) in [7, 11) is 3.96. The maximum atomic E-state index is 6.11. The maximum Gasteiger partial charge on any atom is 0.108 e. The van der Waals surface area contributed by atoms with Crippen LogP contribution in [-0.4, -0.2) is 19.1 Å². The molecule has 0 aromatic carbocycles. The van der Waals surface area contributed by atoms with Crippen LogP contribution in [0.25, 0.3) is 0 Å². The van der Waals surface area contributed by atoms with E-state index < -0.39 is 0 Å². The van der Waals surface area contributed by atoms with E-state index in [9.17, 15) is 0 Å². The number of aryl methyl sites for hydroxylation is 3. The predicted molar refractivity (Wildman–Crippen MR) is 61.7 cm³/mol. The van der Waals surface area contributed by atoms with Crippen LogP contribution in [0.1, 0.15) is 24.0 Å². The van der Waals surface area contributed by atoms with Crippen molar-refractivity contribution < 1.29 is 0 Å². The summed E-state index contributed by atoms with van der Waals surface area (Å²) in [6.07, 6.45) is 9.12. The second kappa shape index (κ2) is 4.49. The van der Waals surface area contributed by atoms with Gasteiger partial charge in [-0.25, -0.2) is 9.97 Å². The van der Waals surface area contributed by atoms with Crippen molar-refractivity contribution in [1.82, 2.24) is 19.1 Å². The number of hydrogen-bond acceptors (Lipinski definition) is 3. The molecule has 0 fully saturated rings. The summed E-state index contributed by atoms with van der Waals surface area (Å²) in [5.41, 5.74) is 7.17. The normalized spacial score (nSPS) is 12.9. The lowest BCUT2D eigenvalue weighted by molar-refractivity contribution is 0.587. The van der Waals surface area contributed by atoms with Gasteiger partial charge in [0.1, 0.15) is 5.82 Å². The zero-order valence-corrected chi connectivity index (χ0v) is 9.67. The summed E-state index contributed by atoms with van der Waals surface area (Å²) >= 11 is 0. The molecule has 0 spiro atoms. The van der Waals surface area contributed by atoms with Gasteiger partial charge in [-0.05, 0) is 6.42 Å². The SMILES string of the molecule is Cn1cncc1C(N)CCc1nccn1C. The molecule has 2 heterocycles. The average Bonchev–Trinajstić information content (AvgIpc) is 2.84. The van der Waals surface area contributed by atoms with E-state index in [1.165, 1.54) is 0 Å². The highest BCUT2D eigenvalue weighted by molar-refractivity contribution is 5.04. The highest BCUT2D eigenvalue weighted by Crippen LogP contribution is 2.14. The van der Waals surface area contributed by atoms with Crippen LogP contribution < -0.4 is 5.73 Å². The molecule has 2 rings (SSSR count). The first-order valence-electron chi connectivity index (χ1n) is 5.36. The molecular formula is C11H17N5. The van der Waals surface area contributed by atoms with Crippen LogP contribution >= 0.6 is 0 Å². The van der Waals surface area contributed by atoms with Crippen molar-refractivity contribution >= 4 is 0 Å². The molecule has 1 unspecified atom stereocenters. The van der Waals surface area contributed by atoms with E-state index in [0.29, 0.717) is 0 Å². The average molecular weight is 219 g/mol.